The first-order valence-corrected chi connectivity index (χ1v) is 21.3. The number of hydrogen-bond donors (Lipinski definition) is 12. The average molecular weight is 833 g/mol. The lowest BCUT2D eigenvalue weighted by molar-refractivity contribution is -0.138. The Kier molecular flexibility index (Phi) is 20.2. The van der Waals surface area contributed by atoms with Crippen LogP contribution < -0.4 is 0 Å². The first kappa shape index (κ1) is 52.6. The summed E-state index contributed by atoms with van der Waals surface area (Å²) in [6, 6.07) is 8.48. The van der Waals surface area contributed by atoms with Gasteiger partial charge in [-0.15, -0.1) is 0 Å². The molecule has 0 fully saturated rings. The highest BCUT2D eigenvalue weighted by Crippen LogP contribution is 2.55. The summed E-state index contributed by atoms with van der Waals surface area (Å²) in [4.78, 5) is 62.5. The summed E-state index contributed by atoms with van der Waals surface area (Å²) < 4.78 is 7.20. The van der Waals surface area contributed by atoms with E-state index in [0.29, 0.717) is 11.1 Å². The molecule has 53 heavy (non-hydrogen) atoms. The van der Waals surface area contributed by atoms with Gasteiger partial charge < -0.3 is 59.6 Å². The highest BCUT2D eigenvalue weighted by atomic mass is 31.2. The van der Waals surface area contributed by atoms with Crippen LogP contribution in [0.15, 0.2) is 24.3 Å². The Morgan fingerprint density at radius 2 is 0.623 bits per heavy atom. The molecule has 0 unspecified atom stereocenters. The van der Waals surface area contributed by atoms with Gasteiger partial charge in [0.2, 0.25) is 0 Å². The summed E-state index contributed by atoms with van der Waals surface area (Å²) in [7, 11) is -10.4. The Labute approximate surface area is 320 Å². The van der Waals surface area contributed by atoms with Crippen molar-refractivity contribution in [3.8, 4) is 0 Å². The molecule has 0 aromatic heterocycles. The zero-order chi connectivity index (χ0) is 42.3. The van der Waals surface area contributed by atoms with Crippen LogP contribution in [0, 0.1) is 19.3 Å². The predicted octanol–water partition coefficient (Wildman–Crippen LogP) is 5.54. The van der Waals surface area contributed by atoms with Gasteiger partial charge in [-0.25, -0.2) is 8.62 Å². The molecule has 0 heterocycles. The fourth-order valence-electron chi connectivity index (χ4n) is 6.00. The van der Waals surface area contributed by atoms with Crippen LogP contribution in [0.4, 0.5) is 0 Å². The molecule has 2 aromatic rings. The van der Waals surface area contributed by atoms with Crippen LogP contribution >= 0.6 is 34.4 Å². The third-order valence-corrected chi connectivity index (χ3v) is 10.8. The Hall–Kier alpha value is -0.400. The molecule has 0 bridgehead atoms. The lowest BCUT2D eigenvalue weighted by atomic mass is 9.56. The number of aryl methyl sites for hydroxylation is 2. The lowest BCUT2D eigenvalue weighted by Crippen LogP contribution is -2.57. The van der Waals surface area contributed by atoms with E-state index in [1.54, 1.807) is 0 Å². The van der Waals surface area contributed by atoms with Gasteiger partial charge in [-0.2, -0.15) is 0 Å². The number of aliphatic hydroxyl groups is 4. The van der Waals surface area contributed by atoms with E-state index in [4.69, 9.17) is 39.1 Å². The van der Waals surface area contributed by atoms with Crippen LogP contribution in [-0.4, -0.2) is 79.4 Å². The Morgan fingerprint density at radius 1 is 0.434 bits per heavy atom. The van der Waals surface area contributed by atoms with Crippen molar-refractivity contribution in [2.45, 2.75) is 124 Å². The molecule has 14 nitrogen and oxygen atoms in total. The van der Waals surface area contributed by atoms with E-state index < -0.39 is 65.2 Å². The van der Waals surface area contributed by atoms with Gasteiger partial charge in [0.05, 0.1) is 25.2 Å². The van der Waals surface area contributed by atoms with E-state index in [1.807, 2.05) is 0 Å². The van der Waals surface area contributed by atoms with E-state index in [9.17, 15) is 20.4 Å². The van der Waals surface area contributed by atoms with Crippen molar-refractivity contribution in [2.75, 3.05) is 19.8 Å². The molecule has 0 aliphatic carbocycles. The summed E-state index contributed by atoms with van der Waals surface area (Å²) >= 11 is 0. The van der Waals surface area contributed by atoms with Gasteiger partial charge in [0.1, 0.15) is 5.60 Å². The summed E-state index contributed by atoms with van der Waals surface area (Å²) in [5, 5.41) is 46.9. The molecule has 0 spiro atoms. The molecular weight excluding hydrogens is 768 g/mol. The van der Waals surface area contributed by atoms with Crippen LogP contribution in [0.25, 0.3) is 0 Å². The number of aliphatic hydroxyl groups excluding tert-OH is 3. The van der Waals surface area contributed by atoms with Gasteiger partial charge >= 0.3 is 34.4 Å². The first-order chi connectivity index (χ1) is 23.7. The van der Waals surface area contributed by atoms with E-state index in [-0.39, 0.29) is 21.7 Å². The van der Waals surface area contributed by atoms with Gasteiger partial charge in [0.25, 0.3) is 0 Å². The fourth-order valence-corrected chi connectivity index (χ4v) is 7.04. The number of rotatable bonds is 10. The van der Waals surface area contributed by atoms with Crippen molar-refractivity contribution < 1.29 is 68.2 Å². The highest BCUT2D eigenvalue weighted by Gasteiger charge is 2.57. The molecule has 0 aliphatic rings. The molecule has 308 valence electrons. The summed E-state index contributed by atoms with van der Waals surface area (Å²) in [6.45, 7) is 27.9. The standard InChI is InChI=1S/C35H56O4.2H4O5P2/c1-22-15-24(30(3,4)5)28(25(16-22)31(6,7)8)35(39,34(19-36,20-37)21-38)29-26(32(9,10)11)17-23(2)18-27(29)33(12,13)14;2*1-6(2)5-7(3)4/h15-18,36-39H,19-21H2,1-14H3;2*1-4H. The summed E-state index contributed by atoms with van der Waals surface area (Å²) in [5.41, 5.74) is 2.15. The van der Waals surface area contributed by atoms with Crippen molar-refractivity contribution in [2.24, 2.45) is 5.41 Å². The smallest absolute Gasteiger partial charge is 0.334 e. The van der Waals surface area contributed by atoms with E-state index in [0.717, 1.165) is 33.4 Å². The maximum Gasteiger partial charge on any atom is 0.334 e. The minimum atomic E-state index is -2.61. The van der Waals surface area contributed by atoms with E-state index in [2.05, 4.69) is 130 Å². The van der Waals surface area contributed by atoms with E-state index in [1.165, 1.54) is 0 Å². The van der Waals surface area contributed by atoms with Crippen molar-refractivity contribution in [3.05, 3.63) is 68.8 Å². The molecule has 12 N–H and O–H groups in total. The second kappa shape index (κ2) is 20.3. The molecule has 2 aromatic carbocycles. The van der Waals surface area contributed by atoms with Gasteiger partial charge in [-0.1, -0.05) is 118 Å². The number of hydrogen-bond acceptors (Lipinski definition) is 14. The average Bonchev–Trinajstić information content (AvgIpc) is 2.94. The normalized spacial score (nSPS) is 13.4. The minimum absolute atomic E-state index is 0.379. The molecule has 2 rings (SSSR count). The van der Waals surface area contributed by atoms with Crippen molar-refractivity contribution in [1.29, 1.82) is 0 Å². The molecule has 0 saturated heterocycles. The molecule has 0 radical (unpaired) electrons. The van der Waals surface area contributed by atoms with E-state index >= 15 is 0 Å². The molecule has 0 atom stereocenters. The topological polar surface area (TPSA) is 261 Å². The first-order valence-electron chi connectivity index (χ1n) is 16.6. The SMILES string of the molecule is Cc1cc(C(C)(C)C)c(C(O)(c2c(C(C)(C)C)cc(C)cc2C(C)(C)C)C(CO)(CO)CO)c(C(C)(C)C)c1.OP(O)OP(O)O.OP(O)OP(O)O. The Morgan fingerprint density at radius 3 is 0.736 bits per heavy atom. The van der Waals surface area contributed by atoms with Gasteiger partial charge in [-0.3, -0.25) is 0 Å². The Bertz CT molecular complexity index is 1250. The second-order valence-electron chi connectivity index (χ2n) is 17.1. The second-order valence-corrected chi connectivity index (χ2v) is 20.4. The van der Waals surface area contributed by atoms with Crippen LogP contribution in [-0.2, 0) is 35.9 Å². The molecule has 18 heteroatoms. The molecular formula is C35H64O14P4. The minimum Gasteiger partial charge on any atom is -0.395 e. The zero-order valence-corrected chi connectivity index (χ0v) is 37.0. The van der Waals surface area contributed by atoms with Crippen molar-refractivity contribution in [1.82, 2.24) is 0 Å². The lowest BCUT2D eigenvalue weighted by Gasteiger charge is -2.52. The van der Waals surface area contributed by atoms with Crippen LogP contribution in [0.1, 0.15) is 128 Å². The molecule has 0 saturated carbocycles. The molecule has 0 amide bonds. The van der Waals surface area contributed by atoms with Crippen molar-refractivity contribution >= 4 is 34.4 Å². The Balaban J connectivity index is 0.00000162. The maximum absolute atomic E-state index is 13.7. The third-order valence-electron chi connectivity index (χ3n) is 8.49. The summed E-state index contributed by atoms with van der Waals surface area (Å²) in [6.07, 6.45) is 0. The monoisotopic (exact) mass is 832 g/mol. The van der Waals surface area contributed by atoms with Gasteiger partial charge in [0.15, 0.2) is 0 Å². The zero-order valence-electron chi connectivity index (χ0n) is 33.4. The maximum atomic E-state index is 13.7. The van der Waals surface area contributed by atoms with Crippen LogP contribution in [0.5, 0.6) is 0 Å². The number of benzene rings is 2. The van der Waals surface area contributed by atoms with Gasteiger partial charge in [0, 0.05) is 0 Å². The highest BCUT2D eigenvalue weighted by molar-refractivity contribution is 7.53. The fraction of sp³-hybridized carbons (Fsp3) is 0.657. The summed E-state index contributed by atoms with van der Waals surface area (Å²) in [5.74, 6) is 0. The van der Waals surface area contributed by atoms with Crippen LogP contribution in [0.2, 0.25) is 0 Å². The van der Waals surface area contributed by atoms with Crippen molar-refractivity contribution in [3.63, 3.8) is 0 Å². The largest absolute Gasteiger partial charge is 0.395 e. The molecule has 0 aliphatic heterocycles. The quantitative estimate of drug-likeness (QED) is 0.131. The van der Waals surface area contributed by atoms with Gasteiger partial charge in [-0.05, 0) is 68.9 Å². The van der Waals surface area contributed by atoms with Crippen LogP contribution in [0.3, 0.4) is 0 Å². The third kappa shape index (κ3) is 14.5. The predicted molar refractivity (Wildman–Crippen MR) is 211 cm³/mol.